The molecule has 0 aliphatic heterocycles. The molecule has 0 unspecified atom stereocenters. The fourth-order valence-corrected chi connectivity index (χ4v) is 3.27. The Labute approximate surface area is 160 Å². The molecule has 5 nitrogen and oxygen atoms in total. The van der Waals surface area contributed by atoms with Gasteiger partial charge in [0.1, 0.15) is 5.41 Å². The second kappa shape index (κ2) is 7.82. The standard InChI is InChI=1S/C22H27N3O2/c1-4-25(5-2)18-11-12-19(16(3)15-18)24-21(27)22(13-14-22)20(26)23-17-9-7-6-8-10-17/h6-12,15H,4-5,13-14H2,1-3H3,(H,23,26)(H,24,27). The lowest BCUT2D eigenvalue weighted by atomic mass is 10.0. The number of nitrogens with one attached hydrogen (secondary N) is 2. The maximum absolute atomic E-state index is 12.8. The van der Waals surface area contributed by atoms with E-state index in [-0.39, 0.29) is 11.8 Å². The Bertz CT molecular complexity index is 825. The van der Waals surface area contributed by atoms with Gasteiger partial charge in [-0.2, -0.15) is 0 Å². The number of benzene rings is 2. The molecule has 1 saturated carbocycles. The topological polar surface area (TPSA) is 61.4 Å². The largest absolute Gasteiger partial charge is 0.372 e. The van der Waals surface area contributed by atoms with Crippen molar-refractivity contribution in [2.24, 2.45) is 5.41 Å². The van der Waals surface area contributed by atoms with E-state index in [1.54, 1.807) is 0 Å². The van der Waals surface area contributed by atoms with Crippen molar-refractivity contribution in [3.8, 4) is 0 Å². The number of para-hydroxylation sites is 1. The zero-order valence-corrected chi connectivity index (χ0v) is 16.2. The van der Waals surface area contributed by atoms with Crippen LogP contribution in [0, 0.1) is 12.3 Å². The van der Waals surface area contributed by atoms with Crippen molar-refractivity contribution in [3.63, 3.8) is 0 Å². The van der Waals surface area contributed by atoms with Gasteiger partial charge in [-0.25, -0.2) is 0 Å². The van der Waals surface area contributed by atoms with Gasteiger partial charge in [-0.3, -0.25) is 9.59 Å². The Kier molecular flexibility index (Phi) is 5.49. The summed E-state index contributed by atoms with van der Waals surface area (Å²) in [6.07, 6.45) is 1.15. The Hall–Kier alpha value is -2.82. The lowest BCUT2D eigenvalue weighted by molar-refractivity contribution is -0.131. The molecule has 2 amide bonds. The van der Waals surface area contributed by atoms with Crippen LogP contribution in [0.25, 0.3) is 0 Å². The summed E-state index contributed by atoms with van der Waals surface area (Å²) >= 11 is 0. The monoisotopic (exact) mass is 365 g/mol. The summed E-state index contributed by atoms with van der Waals surface area (Å²) in [7, 11) is 0. The number of anilines is 3. The minimum absolute atomic E-state index is 0.227. The van der Waals surface area contributed by atoms with Gasteiger partial charge < -0.3 is 15.5 Å². The highest BCUT2D eigenvalue weighted by atomic mass is 16.2. The van der Waals surface area contributed by atoms with Gasteiger partial charge in [0, 0.05) is 30.2 Å². The lowest BCUT2D eigenvalue weighted by Crippen LogP contribution is -2.35. The van der Waals surface area contributed by atoms with Crippen molar-refractivity contribution in [3.05, 3.63) is 54.1 Å². The number of hydrogen-bond acceptors (Lipinski definition) is 3. The number of nitrogens with zero attached hydrogens (tertiary/aromatic N) is 1. The average molecular weight is 365 g/mol. The maximum atomic E-state index is 12.8. The zero-order valence-electron chi connectivity index (χ0n) is 16.2. The quantitative estimate of drug-likeness (QED) is 0.723. The second-order valence-electron chi connectivity index (χ2n) is 7.03. The molecule has 0 spiro atoms. The van der Waals surface area contributed by atoms with Crippen LogP contribution >= 0.6 is 0 Å². The van der Waals surface area contributed by atoms with E-state index in [0.29, 0.717) is 18.5 Å². The fraction of sp³-hybridized carbons (Fsp3) is 0.364. The number of rotatable bonds is 7. The number of hydrogen-bond donors (Lipinski definition) is 2. The molecule has 0 bridgehead atoms. The molecule has 1 aliphatic rings. The third-order valence-corrected chi connectivity index (χ3v) is 5.24. The molecule has 1 fully saturated rings. The molecule has 2 N–H and O–H groups in total. The van der Waals surface area contributed by atoms with Crippen molar-refractivity contribution in [1.82, 2.24) is 0 Å². The molecule has 2 aromatic carbocycles. The molecule has 2 aromatic rings. The van der Waals surface area contributed by atoms with Crippen LogP contribution in [0.2, 0.25) is 0 Å². The summed E-state index contributed by atoms with van der Waals surface area (Å²) in [5.41, 5.74) is 2.64. The van der Waals surface area contributed by atoms with Crippen LogP contribution in [0.3, 0.4) is 0 Å². The van der Waals surface area contributed by atoms with Crippen molar-refractivity contribution >= 4 is 28.9 Å². The minimum Gasteiger partial charge on any atom is -0.372 e. The van der Waals surface area contributed by atoms with Crippen molar-refractivity contribution in [2.75, 3.05) is 28.6 Å². The van der Waals surface area contributed by atoms with Gasteiger partial charge in [0.25, 0.3) is 0 Å². The van der Waals surface area contributed by atoms with E-state index in [1.165, 1.54) is 0 Å². The van der Waals surface area contributed by atoms with Crippen molar-refractivity contribution in [1.29, 1.82) is 0 Å². The average Bonchev–Trinajstić information content (AvgIpc) is 3.48. The zero-order chi connectivity index (χ0) is 19.4. The van der Waals surface area contributed by atoms with E-state index < -0.39 is 5.41 Å². The summed E-state index contributed by atoms with van der Waals surface area (Å²) in [5.74, 6) is -0.460. The summed E-state index contributed by atoms with van der Waals surface area (Å²) < 4.78 is 0. The Morgan fingerprint density at radius 2 is 1.59 bits per heavy atom. The van der Waals surface area contributed by atoms with Crippen LogP contribution < -0.4 is 15.5 Å². The number of aryl methyl sites for hydroxylation is 1. The summed E-state index contributed by atoms with van der Waals surface area (Å²) in [5, 5.41) is 5.82. The predicted molar refractivity (Wildman–Crippen MR) is 110 cm³/mol. The molecule has 0 atom stereocenters. The molecular formula is C22H27N3O2. The fourth-order valence-electron chi connectivity index (χ4n) is 3.27. The van der Waals surface area contributed by atoms with Gasteiger partial charge in [0.05, 0.1) is 0 Å². The van der Waals surface area contributed by atoms with E-state index in [4.69, 9.17) is 0 Å². The number of carbonyl (C=O) groups is 2. The third kappa shape index (κ3) is 3.97. The first-order valence-corrected chi connectivity index (χ1v) is 9.53. The highest BCUT2D eigenvalue weighted by Gasteiger charge is 2.56. The summed E-state index contributed by atoms with van der Waals surface area (Å²) in [4.78, 5) is 27.7. The molecule has 5 heteroatoms. The minimum atomic E-state index is -0.959. The molecule has 0 radical (unpaired) electrons. The highest BCUT2D eigenvalue weighted by Crippen LogP contribution is 2.47. The first-order chi connectivity index (χ1) is 13.0. The molecule has 27 heavy (non-hydrogen) atoms. The van der Waals surface area contributed by atoms with Gasteiger partial charge in [0.2, 0.25) is 11.8 Å². The first-order valence-electron chi connectivity index (χ1n) is 9.53. The highest BCUT2D eigenvalue weighted by molar-refractivity contribution is 6.17. The van der Waals surface area contributed by atoms with Gasteiger partial charge in [-0.05, 0) is 69.5 Å². The Morgan fingerprint density at radius 1 is 0.963 bits per heavy atom. The Balaban J connectivity index is 1.70. The normalized spacial score (nSPS) is 14.3. The lowest BCUT2D eigenvalue weighted by Gasteiger charge is -2.22. The molecule has 0 aromatic heterocycles. The van der Waals surface area contributed by atoms with Crippen molar-refractivity contribution in [2.45, 2.75) is 33.6 Å². The molecule has 1 aliphatic carbocycles. The molecule has 142 valence electrons. The van der Waals surface area contributed by atoms with E-state index >= 15 is 0 Å². The van der Waals surface area contributed by atoms with Crippen molar-refractivity contribution < 1.29 is 9.59 Å². The predicted octanol–water partition coefficient (Wildman–Crippen LogP) is 4.20. The molecule has 3 rings (SSSR count). The summed E-state index contributed by atoms with van der Waals surface area (Å²) in [6.45, 7) is 8.09. The van der Waals surface area contributed by atoms with E-state index in [1.807, 2.05) is 49.4 Å². The maximum Gasteiger partial charge on any atom is 0.240 e. The smallest absolute Gasteiger partial charge is 0.240 e. The van der Waals surface area contributed by atoms with Crippen LogP contribution in [0.1, 0.15) is 32.3 Å². The first kappa shape index (κ1) is 19.0. The van der Waals surface area contributed by atoms with E-state index in [0.717, 1.165) is 30.0 Å². The summed E-state index contributed by atoms with van der Waals surface area (Å²) in [6, 6.07) is 15.3. The van der Waals surface area contributed by atoms with Crippen LogP contribution in [0.5, 0.6) is 0 Å². The van der Waals surface area contributed by atoms with Gasteiger partial charge >= 0.3 is 0 Å². The SMILES string of the molecule is CCN(CC)c1ccc(NC(=O)C2(C(=O)Nc3ccccc3)CC2)c(C)c1. The third-order valence-electron chi connectivity index (χ3n) is 5.24. The van der Waals surface area contributed by atoms with Crippen LogP contribution in [-0.2, 0) is 9.59 Å². The second-order valence-corrected chi connectivity index (χ2v) is 7.03. The van der Waals surface area contributed by atoms with Gasteiger partial charge in [-0.15, -0.1) is 0 Å². The molecular weight excluding hydrogens is 338 g/mol. The number of amides is 2. The van der Waals surface area contributed by atoms with Gasteiger partial charge in [0.15, 0.2) is 0 Å². The molecule has 0 saturated heterocycles. The Morgan fingerprint density at radius 3 is 2.15 bits per heavy atom. The van der Waals surface area contributed by atoms with E-state index in [9.17, 15) is 9.59 Å². The van der Waals surface area contributed by atoms with Crippen LogP contribution in [-0.4, -0.2) is 24.9 Å². The van der Waals surface area contributed by atoms with Gasteiger partial charge in [-0.1, -0.05) is 18.2 Å². The van der Waals surface area contributed by atoms with Crippen LogP contribution in [0.4, 0.5) is 17.1 Å². The van der Waals surface area contributed by atoms with Crippen LogP contribution in [0.15, 0.2) is 48.5 Å². The van der Waals surface area contributed by atoms with E-state index in [2.05, 4.69) is 35.4 Å². The number of carbonyl (C=O) groups excluding carboxylic acids is 2. The molecule has 0 heterocycles.